The molecule has 3 N–H and O–H groups in total. The molecule has 5 heteroatoms. The van der Waals surface area contributed by atoms with Crippen LogP contribution in [0.15, 0.2) is 37.1 Å². The van der Waals surface area contributed by atoms with E-state index >= 15 is 0 Å². The molecule has 1 fully saturated rings. The van der Waals surface area contributed by atoms with Crippen LogP contribution in [-0.2, 0) is 11.2 Å². The Labute approximate surface area is 153 Å². The second kappa shape index (κ2) is 6.62. The smallest absolute Gasteiger partial charge is 0.234 e. The minimum absolute atomic E-state index is 0.282. The molecular weight excluding hydrogens is 324 g/mol. The molecule has 26 heavy (non-hydrogen) atoms. The van der Waals surface area contributed by atoms with Crippen LogP contribution in [0, 0.1) is 23.2 Å². The van der Waals surface area contributed by atoms with Gasteiger partial charge in [0.2, 0.25) is 5.91 Å². The molecule has 2 heterocycles. The van der Waals surface area contributed by atoms with E-state index in [1.54, 1.807) is 0 Å². The van der Waals surface area contributed by atoms with Crippen LogP contribution in [0.4, 0.5) is 0 Å². The molecule has 2 aliphatic rings. The molecule has 1 aliphatic heterocycles. The predicted octanol–water partition coefficient (Wildman–Crippen LogP) is 2.70. The number of likely N-dealkylation sites (tertiary alicyclic amines) is 1. The van der Waals surface area contributed by atoms with E-state index in [4.69, 9.17) is 5.73 Å². The molecule has 1 aromatic heterocycles. The zero-order valence-corrected chi connectivity index (χ0v) is 14.8. The van der Waals surface area contributed by atoms with Gasteiger partial charge < -0.3 is 10.7 Å². The summed E-state index contributed by atoms with van der Waals surface area (Å²) in [6, 6.07) is 9.00. The van der Waals surface area contributed by atoms with Gasteiger partial charge in [-0.05, 0) is 42.4 Å². The first-order valence-electron chi connectivity index (χ1n) is 9.25. The quantitative estimate of drug-likeness (QED) is 0.815. The van der Waals surface area contributed by atoms with Crippen molar-refractivity contribution >= 4 is 16.8 Å². The number of hydrogen-bond donors (Lipinski definition) is 2. The number of benzene rings is 1. The van der Waals surface area contributed by atoms with Gasteiger partial charge in [0.25, 0.3) is 0 Å². The van der Waals surface area contributed by atoms with Crippen molar-refractivity contribution < 1.29 is 4.79 Å². The van der Waals surface area contributed by atoms with Crippen LogP contribution >= 0.6 is 0 Å². The molecule has 2 aromatic rings. The van der Waals surface area contributed by atoms with E-state index in [9.17, 15) is 10.1 Å². The van der Waals surface area contributed by atoms with E-state index in [2.05, 4.69) is 46.9 Å². The van der Waals surface area contributed by atoms with Crippen molar-refractivity contribution in [1.29, 1.82) is 5.26 Å². The lowest BCUT2D eigenvalue weighted by molar-refractivity contribution is -0.120. The third-order valence-electron chi connectivity index (χ3n) is 6.09. The zero-order chi connectivity index (χ0) is 18.3. The van der Waals surface area contributed by atoms with Gasteiger partial charge in [-0.1, -0.05) is 18.2 Å². The molecule has 4 rings (SSSR count). The van der Waals surface area contributed by atoms with Crippen molar-refractivity contribution in [2.24, 2.45) is 17.6 Å². The highest BCUT2D eigenvalue weighted by molar-refractivity contribution is 5.88. The Hall–Kier alpha value is -2.58. The van der Waals surface area contributed by atoms with Crippen LogP contribution in [0.2, 0.25) is 0 Å². The maximum atomic E-state index is 11.5. The number of nitrogens with one attached hydrogen (secondary N) is 1. The first-order chi connectivity index (χ1) is 12.6. The molecule has 0 saturated carbocycles. The van der Waals surface area contributed by atoms with E-state index in [0.29, 0.717) is 18.4 Å². The van der Waals surface area contributed by atoms with Gasteiger partial charge in [0.1, 0.15) is 5.92 Å². The average molecular weight is 348 g/mol. The molecule has 1 saturated heterocycles. The number of amides is 1. The average Bonchev–Trinajstić information content (AvgIpc) is 3.05. The number of hydrogen-bond acceptors (Lipinski definition) is 3. The predicted molar refractivity (Wildman–Crippen MR) is 101 cm³/mol. The summed E-state index contributed by atoms with van der Waals surface area (Å²) in [6.45, 7) is 5.63. The van der Waals surface area contributed by atoms with Crippen molar-refractivity contribution in [3.8, 4) is 6.07 Å². The summed E-state index contributed by atoms with van der Waals surface area (Å²) in [7, 11) is 0. The number of primary amides is 1. The summed E-state index contributed by atoms with van der Waals surface area (Å²) >= 11 is 0. The number of H-pyrrole nitrogens is 1. The second-order valence-electron chi connectivity index (χ2n) is 7.63. The SMILES string of the molecule is C=CCN1C[C@H](CC(C#N)C(N)=O)CC2c3cccc4[nH]cc(c34)C[C@H]21. The van der Waals surface area contributed by atoms with Crippen molar-refractivity contribution in [3.63, 3.8) is 0 Å². The Morgan fingerprint density at radius 2 is 2.38 bits per heavy atom. The molecule has 1 aromatic carbocycles. The summed E-state index contributed by atoms with van der Waals surface area (Å²) in [6.07, 6.45) is 6.65. The monoisotopic (exact) mass is 348 g/mol. The van der Waals surface area contributed by atoms with Crippen LogP contribution < -0.4 is 5.73 Å². The van der Waals surface area contributed by atoms with Crippen LogP contribution in [0.3, 0.4) is 0 Å². The van der Waals surface area contributed by atoms with E-state index in [1.807, 2.05) is 6.08 Å². The van der Waals surface area contributed by atoms with Gasteiger partial charge in [-0.2, -0.15) is 5.26 Å². The number of carbonyl (C=O) groups is 1. The van der Waals surface area contributed by atoms with Crippen molar-refractivity contribution in [2.45, 2.75) is 31.2 Å². The highest BCUT2D eigenvalue weighted by Gasteiger charge is 2.41. The lowest BCUT2D eigenvalue weighted by Crippen LogP contribution is -2.50. The summed E-state index contributed by atoms with van der Waals surface area (Å²) in [5.41, 5.74) is 9.38. The van der Waals surface area contributed by atoms with Crippen LogP contribution in [-0.4, -0.2) is 34.9 Å². The van der Waals surface area contributed by atoms with Gasteiger partial charge >= 0.3 is 0 Å². The van der Waals surface area contributed by atoms with Crippen LogP contribution in [0.25, 0.3) is 10.9 Å². The van der Waals surface area contributed by atoms with Gasteiger partial charge in [0.15, 0.2) is 0 Å². The minimum Gasteiger partial charge on any atom is -0.369 e. The third kappa shape index (κ3) is 2.71. The van der Waals surface area contributed by atoms with E-state index in [0.717, 1.165) is 25.9 Å². The zero-order valence-electron chi connectivity index (χ0n) is 14.8. The Morgan fingerprint density at radius 3 is 3.12 bits per heavy atom. The maximum Gasteiger partial charge on any atom is 0.234 e. The fourth-order valence-corrected chi connectivity index (χ4v) is 5.01. The largest absolute Gasteiger partial charge is 0.369 e. The summed E-state index contributed by atoms with van der Waals surface area (Å²) in [5.74, 6) is -0.523. The summed E-state index contributed by atoms with van der Waals surface area (Å²) in [4.78, 5) is 17.4. The fourth-order valence-electron chi connectivity index (χ4n) is 5.01. The molecule has 0 bridgehead atoms. The Bertz CT molecular complexity index is 893. The summed E-state index contributed by atoms with van der Waals surface area (Å²) in [5, 5.41) is 10.6. The molecule has 4 atom stereocenters. The van der Waals surface area contributed by atoms with Gasteiger partial charge in [-0.15, -0.1) is 6.58 Å². The number of nitrogens with zero attached hydrogens (tertiary/aromatic N) is 2. The number of piperidine rings is 1. The van der Waals surface area contributed by atoms with Crippen molar-refractivity contribution in [2.75, 3.05) is 13.1 Å². The maximum absolute atomic E-state index is 11.5. The fraction of sp³-hybridized carbons (Fsp3) is 0.429. The van der Waals surface area contributed by atoms with Crippen molar-refractivity contribution in [1.82, 2.24) is 9.88 Å². The van der Waals surface area contributed by atoms with Crippen molar-refractivity contribution in [3.05, 3.63) is 48.2 Å². The Morgan fingerprint density at radius 1 is 1.54 bits per heavy atom. The lowest BCUT2D eigenvalue weighted by atomic mass is 9.71. The molecule has 1 aliphatic carbocycles. The van der Waals surface area contributed by atoms with Gasteiger partial charge in [-0.25, -0.2) is 0 Å². The number of aromatic amines is 1. The van der Waals surface area contributed by atoms with Gasteiger partial charge in [0, 0.05) is 42.1 Å². The van der Waals surface area contributed by atoms with Crippen LogP contribution in [0.1, 0.15) is 29.9 Å². The molecule has 5 nitrogen and oxygen atoms in total. The van der Waals surface area contributed by atoms with Gasteiger partial charge in [-0.3, -0.25) is 9.69 Å². The normalized spacial score (nSPS) is 26.0. The first kappa shape index (κ1) is 16.9. The topological polar surface area (TPSA) is 85.9 Å². The lowest BCUT2D eigenvalue weighted by Gasteiger charge is -2.47. The molecule has 1 amide bonds. The number of aromatic nitrogens is 1. The number of fused-ring (bicyclic) bond motifs is 2. The highest BCUT2D eigenvalue weighted by atomic mass is 16.1. The second-order valence-corrected chi connectivity index (χ2v) is 7.63. The molecule has 0 radical (unpaired) electrons. The number of rotatable bonds is 5. The summed E-state index contributed by atoms with van der Waals surface area (Å²) < 4.78 is 0. The van der Waals surface area contributed by atoms with E-state index < -0.39 is 11.8 Å². The Balaban J connectivity index is 1.69. The van der Waals surface area contributed by atoms with E-state index in [1.165, 1.54) is 22.0 Å². The number of nitriles is 1. The number of carbonyl (C=O) groups excluding carboxylic acids is 1. The first-order valence-corrected chi connectivity index (χ1v) is 9.25. The Kier molecular flexibility index (Phi) is 4.29. The van der Waals surface area contributed by atoms with Gasteiger partial charge in [0.05, 0.1) is 6.07 Å². The number of nitrogens with two attached hydrogens (primary N) is 1. The molecule has 2 unspecified atom stereocenters. The van der Waals surface area contributed by atoms with E-state index in [-0.39, 0.29) is 5.92 Å². The highest BCUT2D eigenvalue weighted by Crippen LogP contribution is 2.45. The van der Waals surface area contributed by atoms with Crippen LogP contribution in [0.5, 0.6) is 0 Å². The molecule has 134 valence electrons. The molecular formula is C21H24N4O. The molecule has 0 spiro atoms. The minimum atomic E-state index is -0.704. The third-order valence-corrected chi connectivity index (χ3v) is 6.09. The standard InChI is InChI=1S/C21H24N4O/c1-2-6-25-12-13(7-14(10-22)21(23)26)8-17-16-4-3-5-18-20(16)15(11-24-18)9-19(17)25/h2-5,11,13-14,17,19,24H,1,6-9,12H2,(H2,23,26)/t13-,14?,17?,19-/m1/s1.